The van der Waals surface area contributed by atoms with Crippen molar-refractivity contribution in [3.05, 3.63) is 41.5 Å². The van der Waals surface area contributed by atoms with E-state index in [9.17, 15) is 15.3 Å². The maximum Gasteiger partial charge on any atom is 0.204 e. The van der Waals surface area contributed by atoms with Gasteiger partial charge in [0.05, 0.1) is 41.7 Å². The van der Waals surface area contributed by atoms with Gasteiger partial charge in [-0.15, -0.1) is 0 Å². The summed E-state index contributed by atoms with van der Waals surface area (Å²) >= 11 is 0. The Morgan fingerprint density at radius 3 is 1.77 bits per heavy atom. The second-order valence-electron chi connectivity index (χ2n) is 6.40. The third kappa shape index (κ3) is 5.52. The molecule has 0 aromatic heterocycles. The van der Waals surface area contributed by atoms with Crippen molar-refractivity contribution >= 4 is 6.08 Å². The summed E-state index contributed by atoms with van der Waals surface area (Å²) in [6.07, 6.45) is 0.820. The predicted octanol–water partition coefficient (Wildman–Crippen LogP) is 1.91. The number of aliphatic hydroxyl groups is 3. The summed E-state index contributed by atoms with van der Waals surface area (Å²) in [5.41, 5.74) is 0.996. The molecule has 9 heteroatoms. The lowest BCUT2D eigenvalue weighted by molar-refractivity contribution is -0.00184. The van der Waals surface area contributed by atoms with Gasteiger partial charge in [0.2, 0.25) is 11.5 Å². The van der Waals surface area contributed by atoms with E-state index in [1.807, 2.05) is 0 Å². The molecule has 0 aliphatic rings. The Kier molecular flexibility index (Phi) is 8.80. The SMILES string of the molecule is COc1cc([C@H](O)[C@H](CO)Oc2c(OC)cc(/C=C/CO)cc2OC)cc(OC)c1O. The minimum atomic E-state index is -1.31. The Bertz CT molecular complexity index is 845. The highest BCUT2D eigenvalue weighted by molar-refractivity contribution is 5.62. The van der Waals surface area contributed by atoms with Crippen LogP contribution in [0.1, 0.15) is 17.2 Å². The fraction of sp³-hybridized carbons (Fsp3) is 0.364. The van der Waals surface area contributed by atoms with Crippen molar-refractivity contribution in [3.63, 3.8) is 0 Å². The third-order valence-electron chi connectivity index (χ3n) is 4.54. The highest BCUT2D eigenvalue weighted by Crippen LogP contribution is 2.42. The van der Waals surface area contributed by atoms with Gasteiger partial charge in [-0.1, -0.05) is 12.2 Å². The first-order valence-corrected chi connectivity index (χ1v) is 9.37. The zero-order chi connectivity index (χ0) is 23.0. The molecule has 4 N–H and O–H groups in total. The lowest BCUT2D eigenvalue weighted by Gasteiger charge is -2.25. The summed E-state index contributed by atoms with van der Waals surface area (Å²) in [5, 5.41) is 39.8. The van der Waals surface area contributed by atoms with Gasteiger partial charge >= 0.3 is 0 Å². The van der Waals surface area contributed by atoms with Crippen LogP contribution in [0.5, 0.6) is 34.5 Å². The fourth-order valence-corrected chi connectivity index (χ4v) is 2.95. The average Bonchev–Trinajstić information content (AvgIpc) is 2.80. The first kappa shape index (κ1) is 24.1. The molecule has 0 saturated heterocycles. The molecule has 0 bridgehead atoms. The molecular weight excluding hydrogens is 408 g/mol. The van der Waals surface area contributed by atoms with Crippen molar-refractivity contribution in [2.24, 2.45) is 0 Å². The molecule has 31 heavy (non-hydrogen) atoms. The molecule has 0 radical (unpaired) electrons. The summed E-state index contributed by atoms with van der Waals surface area (Å²) in [5.74, 6) is 0.784. The van der Waals surface area contributed by atoms with Crippen LogP contribution in [0.15, 0.2) is 30.3 Å². The summed E-state index contributed by atoms with van der Waals surface area (Å²) < 4.78 is 26.9. The number of aliphatic hydroxyl groups excluding tert-OH is 3. The van der Waals surface area contributed by atoms with E-state index >= 15 is 0 Å². The van der Waals surface area contributed by atoms with Crippen LogP contribution < -0.4 is 23.7 Å². The van der Waals surface area contributed by atoms with Crippen molar-refractivity contribution in [1.82, 2.24) is 0 Å². The van der Waals surface area contributed by atoms with Gasteiger partial charge in [-0.3, -0.25) is 0 Å². The van der Waals surface area contributed by atoms with E-state index < -0.39 is 18.8 Å². The Hall–Kier alpha value is -3.14. The average molecular weight is 436 g/mol. The molecule has 9 nitrogen and oxygen atoms in total. The number of ether oxygens (including phenoxy) is 5. The molecule has 0 saturated carbocycles. The van der Waals surface area contributed by atoms with Gasteiger partial charge in [0.1, 0.15) is 6.10 Å². The van der Waals surface area contributed by atoms with E-state index in [0.29, 0.717) is 22.6 Å². The second kappa shape index (κ2) is 11.3. The lowest BCUT2D eigenvalue weighted by atomic mass is 10.0. The number of aromatic hydroxyl groups is 1. The molecule has 0 aliphatic carbocycles. The molecule has 0 spiro atoms. The number of benzene rings is 2. The summed E-state index contributed by atoms with van der Waals surface area (Å²) in [6.45, 7) is -0.660. The van der Waals surface area contributed by atoms with E-state index in [1.54, 1.807) is 24.3 Å². The van der Waals surface area contributed by atoms with Crippen LogP contribution in [-0.2, 0) is 0 Å². The van der Waals surface area contributed by atoms with E-state index in [-0.39, 0.29) is 29.6 Å². The molecule has 2 aromatic carbocycles. The number of hydrogen-bond acceptors (Lipinski definition) is 9. The van der Waals surface area contributed by atoms with E-state index in [1.165, 1.54) is 40.6 Å². The lowest BCUT2D eigenvalue weighted by Crippen LogP contribution is -2.29. The molecule has 0 aliphatic heterocycles. The molecule has 0 unspecified atom stereocenters. The number of phenolic OH excluding ortho intramolecular Hbond substituents is 1. The predicted molar refractivity (Wildman–Crippen MR) is 113 cm³/mol. The van der Waals surface area contributed by atoms with Crippen LogP contribution >= 0.6 is 0 Å². The molecule has 2 rings (SSSR count). The summed E-state index contributed by atoms with van der Waals surface area (Å²) in [6, 6.07) is 6.17. The first-order chi connectivity index (χ1) is 14.9. The van der Waals surface area contributed by atoms with E-state index in [4.69, 9.17) is 28.8 Å². The zero-order valence-electron chi connectivity index (χ0n) is 17.9. The highest BCUT2D eigenvalue weighted by atomic mass is 16.6. The smallest absolute Gasteiger partial charge is 0.204 e. The van der Waals surface area contributed by atoms with Gasteiger partial charge < -0.3 is 44.1 Å². The fourth-order valence-electron chi connectivity index (χ4n) is 2.95. The van der Waals surface area contributed by atoms with Gasteiger partial charge in [0.15, 0.2) is 29.1 Å². The van der Waals surface area contributed by atoms with Gasteiger partial charge in [0, 0.05) is 0 Å². The summed E-state index contributed by atoms with van der Waals surface area (Å²) in [4.78, 5) is 0. The maximum absolute atomic E-state index is 10.9. The summed E-state index contributed by atoms with van der Waals surface area (Å²) in [7, 11) is 5.63. The van der Waals surface area contributed by atoms with Crippen molar-refractivity contribution < 1.29 is 44.1 Å². The van der Waals surface area contributed by atoms with Gasteiger partial charge in [-0.2, -0.15) is 0 Å². The monoisotopic (exact) mass is 436 g/mol. The quantitative estimate of drug-likeness (QED) is 0.418. The van der Waals surface area contributed by atoms with Crippen molar-refractivity contribution in [2.75, 3.05) is 41.7 Å². The minimum Gasteiger partial charge on any atom is -0.502 e. The van der Waals surface area contributed by atoms with Gasteiger partial charge in [0.25, 0.3) is 0 Å². The van der Waals surface area contributed by atoms with Crippen molar-refractivity contribution in [3.8, 4) is 34.5 Å². The Morgan fingerprint density at radius 1 is 0.839 bits per heavy atom. The topological polar surface area (TPSA) is 127 Å². The standard InChI is InChI=1S/C22H28O9/c1-27-15-10-14(11-16(28-2)21(15)26)20(25)19(12-24)31-22-17(29-3)8-13(6-5-7-23)9-18(22)30-4/h5-6,8-11,19-20,23-26H,7,12H2,1-4H3/b6-5+/t19-,20-/m0/s1. The first-order valence-electron chi connectivity index (χ1n) is 9.37. The molecule has 170 valence electrons. The minimum absolute atomic E-state index is 0.0975. The van der Waals surface area contributed by atoms with Crippen molar-refractivity contribution in [1.29, 1.82) is 0 Å². The normalized spacial score (nSPS) is 13.0. The number of rotatable bonds is 11. The number of hydrogen-bond donors (Lipinski definition) is 4. The molecule has 0 heterocycles. The molecule has 2 aromatic rings. The van der Waals surface area contributed by atoms with Crippen LogP contribution in [0.25, 0.3) is 6.08 Å². The van der Waals surface area contributed by atoms with Crippen LogP contribution in [0, 0.1) is 0 Å². The Labute approximate surface area is 180 Å². The van der Waals surface area contributed by atoms with Crippen LogP contribution in [0.4, 0.5) is 0 Å². The van der Waals surface area contributed by atoms with E-state index in [2.05, 4.69) is 0 Å². The Morgan fingerprint density at radius 2 is 1.35 bits per heavy atom. The number of phenols is 1. The van der Waals surface area contributed by atoms with E-state index in [0.717, 1.165) is 0 Å². The zero-order valence-corrected chi connectivity index (χ0v) is 17.9. The molecule has 0 fully saturated rings. The maximum atomic E-state index is 10.9. The number of methoxy groups -OCH3 is 4. The largest absolute Gasteiger partial charge is 0.502 e. The van der Waals surface area contributed by atoms with Gasteiger partial charge in [-0.05, 0) is 35.4 Å². The Balaban J connectivity index is 2.43. The van der Waals surface area contributed by atoms with Crippen LogP contribution in [-0.4, -0.2) is 68.2 Å². The molecular formula is C22H28O9. The molecule has 2 atom stereocenters. The third-order valence-corrected chi connectivity index (χ3v) is 4.54. The van der Waals surface area contributed by atoms with Crippen LogP contribution in [0.2, 0.25) is 0 Å². The van der Waals surface area contributed by atoms with Crippen LogP contribution in [0.3, 0.4) is 0 Å². The van der Waals surface area contributed by atoms with Crippen molar-refractivity contribution in [2.45, 2.75) is 12.2 Å². The highest BCUT2D eigenvalue weighted by Gasteiger charge is 2.27. The molecule has 0 amide bonds. The second-order valence-corrected chi connectivity index (χ2v) is 6.40. The van der Waals surface area contributed by atoms with Gasteiger partial charge in [-0.25, -0.2) is 0 Å².